The quantitative estimate of drug-likeness (QED) is 0.464. The van der Waals surface area contributed by atoms with Crippen LogP contribution in [-0.2, 0) is 0 Å². The van der Waals surface area contributed by atoms with Crippen LogP contribution in [0, 0.1) is 0 Å². The van der Waals surface area contributed by atoms with Crippen LogP contribution in [0.1, 0.15) is 0 Å². The molecule has 0 aromatic carbocycles. The van der Waals surface area contributed by atoms with Crippen molar-refractivity contribution in [1.29, 1.82) is 0 Å². The van der Waals surface area contributed by atoms with Gasteiger partial charge >= 0.3 is 5.69 Å². The highest BCUT2D eigenvalue weighted by Crippen LogP contribution is 1.98. The molecule has 0 aliphatic heterocycles. The molecular weight excluding hydrogens is 146 g/mol. The Bertz CT molecular complexity index is 441. The van der Waals surface area contributed by atoms with Gasteiger partial charge in [-0.15, -0.1) is 0 Å². The van der Waals surface area contributed by atoms with E-state index in [0.29, 0.717) is 11.2 Å². The van der Waals surface area contributed by atoms with Crippen molar-refractivity contribution in [2.45, 2.75) is 0 Å². The predicted molar refractivity (Wildman–Crippen MR) is 38.3 cm³/mol. The molecular formula is C5H5N5O. The number of nitrogen functional groups attached to an aromatic ring is 1. The van der Waals surface area contributed by atoms with E-state index in [1.807, 2.05) is 0 Å². The molecule has 2 heterocycles. The first kappa shape index (κ1) is 5.90. The number of fused-ring (bicyclic) bond motifs is 1. The smallest absolute Gasteiger partial charge is 0.333 e. The zero-order valence-electron chi connectivity index (χ0n) is 5.48. The van der Waals surface area contributed by atoms with Gasteiger partial charge in [-0.3, -0.25) is 0 Å². The maximum absolute atomic E-state index is 10.9. The monoisotopic (exact) mass is 151 g/mol. The van der Waals surface area contributed by atoms with E-state index >= 15 is 0 Å². The van der Waals surface area contributed by atoms with Crippen LogP contribution in [0.4, 0.5) is 0 Å². The summed E-state index contributed by atoms with van der Waals surface area (Å²) in [6.07, 6.45) is 2.83. The molecule has 0 aliphatic carbocycles. The van der Waals surface area contributed by atoms with E-state index in [-0.39, 0.29) is 5.69 Å². The number of hydrogen-bond acceptors (Lipinski definition) is 4. The summed E-state index contributed by atoms with van der Waals surface area (Å²) in [7, 11) is 0. The first-order valence-electron chi connectivity index (χ1n) is 2.95. The molecule has 0 aliphatic rings. The van der Waals surface area contributed by atoms with Crippen LogP contribution in [0.25, 0.3) is 11.2 Å². The molecule has 56 valence electrons. The highest BCUT2D eigenvalue weighted by molar-refractivity contribution is 5.68. The van der Waals surface area contributed by atoms with E-state index in [2.05, 4.69) is 15.0 Å². The number of nitrogens with zero attached hydrogens (tertiary/aromatic N) is 3. The third kappa shape index (κ3) is 0.689. The van der Waals surface area contributed by atoms with E-state index in [0.717, 1.165) is 4.68 Å². The summed E-state index contributed by atoms with van der Waals surface area (Å²) < 4.78 is 0.941. The molecule has 0 radical (unpaired) electrons. The molecule has 2 rings (SSSR count). The molecule has 11 heavy (non-hydrogen) atoms. The largest absolute Gasteiger partial charge is 0.346 e. The first-order valence-corrected chi connectivity index (χ1v) is 2.95. The molecule has 2 aromatic rings. The van der Waals surface area contributed by atoms with E-state index in [1.165, 1.54) is 12.5 Å². The van der Waals surface area contributed by atoms with Crippen LogP contribution >= 0.6 is 0 Å². The number of H-pyrrole nitrogens is 1. The first-order chi connectivity index (χ1) is 5.29. The molecule has 2 aromatic heterocycles. The number of hydrogen-bond donors (Lipinski definition) is 2. The Hall–Kier alpha value is -1.85. The van der Waals surface area contributed by atoms with Gasteiger partial charge in [0.1, 0.15) is 11.8 Å². The fourth-order valence-corrected chi connectivity index (χ4v) is 0.875. The number of nitrogens with one attached hydrogen (secondary N) is 1. The molecule has 0 bridgehead atoms. The molecule has 3 N–H and O–H groups in total. The van der Waals surface area contributed by atoms with Gasteiger partial charge in [0, 0.05) is 0 Å². The van der Waals surface area contributed by atoms with Gasteiger partial charge in [-0.1, -0.05) is 0 Å². The number of aromatic amines is 1. The van der Waals surface area contributed by atoms with E-state index in [1.54, 1.807) is 0 Å². The van der Waals surface area contributed by atoms with E-state index < -0.39 is 0 Å². The highest BCUT2D eigenvalue weighted by atomic mass is 16.1. The van der Waals surface area contributed by atoms with Gasteiger partial charge in [-0.2, -0.15) is 4.68 Å². The Morgan fingerprint density at radius 1 is 1.64 bits per heavy atom. The van der Waals surface area contributed by atoms with Crippen LogP contribution < -0.4 is 11.5 Å². The lowest BCUT2D eigenvalue weighted by molar-refractivity contribution is 0.949. The highest BCUT2D eigenvalue weighted by Gasteiger charge is 2.02. The Balaban J connectivity index is 3.04. The van der Waals surface area contributed by atoms with Crippen molar-refractivity contribution in [1.82, 2.24) is 19.6 Å². The molecule has 0 amide bonds. The summed E-state index contributed by atoms with van der Waals surface area (Å²) in [4.78, 5) is 20.9. The average molecular weight is 151 g/mol. The summed E-state index contributed by atoms with van der Waals surface area (Å²) in [5.41, 5.74) is 0.561. The zero-order chi connectivity index (χ0) is 7.84. The van der Waals surface area contributed by atoms with Crippen molar-refractivity contribution in [3.8, 4) is 0 Å². The third-order valence-electron chi connectivity index (χ3n) is 1.38. The van der Waals surface area contributed by atoms with Gasteiger partial charge in [0.05, 0.1) is 6.20 Å². The van der Waals surface area contributed by atoms with E-state index in [4.69, 9.17) is 5.84 Å². The Morgan fingerprint density at radius 3 is 3.18 bits per heavy atom. The minimum Gasteiger partial charge on any atom is -0.333 e. The van der Waals surface area contributed by atoms with Gasteiger partial charge in [0.25, 0.3) is 0 Å². The van der Waals surface area contributed by atoms with Crippen molar-refractivity contribution in [2.24, 2.45) is 0 Å². The summed E-state index contributed by atoms with van der Waals surface area (Å²) in [5, 5.41) is 0. The van der Waals surface area contributed by atoms with Gasteiger partial charge < -0.3 is 10.8 Å². The fraction of sp³-hybridized carbons (Fsp3) is 0. The van der Waals surface area contributed by atoms with Crippen molar-refractivity contribution in [2.75, 3.05) is 5.84 Å². The number of imidazole rings is 1. The molecule has 6 heteroatoms. The van der Waals surface area contributed by atoms with Crippen LogP contribution in [0.15, 0.2) is 17.3 Å². The second-order valence-electron chi connectivity index (χ2n) is 2.06. The Labute approximate surface area is 60.7 Å². The van der Waals surface area contributed by atoms with Gasteiger partial charge in [0.2, 0.25) is 0 Å². The van der Waals surface area contributed by atoms with Crippen LogP contribution in [0.2, 0.25) is 0 Å². The number of rotatable bonds is 0. The second kappa shape index (κ2) is 1.82. The molecule has 0 spiro atoms. The Kier molecular flexibility index (Phi) is 0.974. The van der Waals surface area contributed by atoms with Gasteiger partial charge in [-0.25, -0.2) is 14.8 Å². The summed E-state index contributed by atoms with van der Waals surface area (Å²) in [6.45, 7) is 0. The third-order valence-corrected chi connectivity index (χ3v) is 1.38. The average Bonchev–Trinajstić information content (AvgIpc) is 2.30. The van der Waals surface area contributed by atoms with Crippen molar-refractivity contribution in [3.05, 3.63) is 23.0 Å². The molecule has 0 fully saturated rings. The van der Waals surface area contributed by atoms with Crippen molar-refractivity contribution >= 4 is 11.2 Å². The standard InChI is InChI=1S/C5H5N5O/c6-10-4-3(9-5(10)11)1-7-2-8-4/h1-2H,6H2,(H,9,11). The van der Waals surface area contributed by atoms with Crippen LogP contribution in [0.3, 0.4) is 0 Å². The van der Waals surface area contributed by atoms with E-state index in [9.17, 15) is 4.79 Å². The molecule has 0 saturated carbocycles. The summed E-state index contributed by atoms with van der Waals surface area (Å²) >= 11 is 0. The number of nitrogens with two attached hydrogens (primary N) is 1. The van der Waals surface area contributed by atoms with Crippen LogP contribution in [-0.4, -0.2) is 19.6 Å². The molecule has 0 saturated heterocycles. The van der Waals surface area contributed by atoms with Gasteiger partial charge in [0.15, 0.2) is 5.65 Å². The zero-order valence-corrected chi connectivity index (χ0v) is 5.48. The molecule has 6 nitrogen and oxygen atoms in total. The summed E-state index contributed by atoms with van der Waals surface area (Å²) in [6, 6.07) is 0. The predicted octanol–water partition coefficient (Wildman–Crippen LogP) is -1.17. The molecule has 0 unspecified atom stereocenters. The minimum absolute atomic E-state index is 0.388. The number of aromatic nitrogens is 4. The fourth-order valence-electron chi connectivity index (χ4n) is 0.875. The summed E-state index contributed by atoms with van der Waals surface area (Å²) in [5.74, 6) is 5.32. The lowest BCUT2D eigenvalue weighted by Gasteiger charge is -1.88. The minimum atomic E-state index is -0.388. The maximum Gasteiger partial charge on any atom is 0.346 e. The van der Waals surface area contributed by atoms with Crippen molar-refractivity contribution < 1.29 is 0 Å². The maximum atomic E-state index is 10.9. The van der Waals surface area contributed by atoms with Gasteiger partial charge in [-0.05, 0) is 0 Å². The lowest BCUT2D eigenvalue weighted by atomic mass is 10.6. The SMILES string of the molecule is Nn1c(=O)[nH]c2cncnc21. The Morgan fingerprint density at radius 2 is 2.45 bits per heavy atom. The second-order valence-corrected chi connectivity index (χ2v) is 2.06. The molecule has 0 atom stereocenters. The topological polar surface area (TPSA) is 89.6 Å². The van der Waals surface area contributed by atoms with Crippen LogP contribution in [0.5, 0.6) is 0 Å². The van der Waals surface area contributed by atoms with Crippen molar-refractivity contribution in [3.63, 3.8) is 0 Å². The normalized spacial score (nSPS) is 10.5. The lowest BCUT2D eigenvalue weighted by Crippen LogP contribution is -2.24.